The fourth-order valence-corrected chi connectivity index (χ4v) is 10.2. The van der Waals surface area contributed by atoms with Crippen molar-refractivity contribution in [2.75, 3.05) is 44.2 Å². The summed E-state index contributed by atoms with van der Waals surface area (Å²) in [5.74, 6) is 0.287. The first-order valence-electron chi connectivity index (χ1n) is 16.4. The van der Waals surface area contributed by atoms with Crippen LogP contribution in [0.1, 0.15) is 55.1 Å². The van der Waals surface area contributed by atoms with Crippen LogP contribution in [0.25, 0.3) is 21.5 Å². The van der Waals surface area contributed by atoms with Crippen LogP contribution in [-0.2, 0) is 9.84 Å². The molecule has 8 nitrogen and oxygen atoms in total. The van der Waals surface area contributed by atoms with Gasteiger partial charge in [-0.2, -0.15) is 0 Å². The third-order valence-corrected chi connectivity index (χ3v) is 12.6. The zero-order valence-corrected chi connectivity index (χ0v) is 26.5. The number of nitrogens with one attached hydrogen (secondary N) is 3. The second-order valence-electron chi connectivity index (χ2n) is 12.9. The first-order valence-corrected chi connectivity index (χ1v) is 18.0. The van der Waals surface area contributed by atoms with Gasteiger partial charge in [0.25, 0.3) is 0 Å². The summed E-state index contributed by atoms with van der Waals surface area (Å²) in [6, 6.07) is 24.5. The van der Waals surface area contributed by atoms with E-state index in [1.165, 1.54) is 11.3 Å². The van der Waals surface area contributed by atoms with E-state index in [2.05, 4.69) is 69.4 Å². The van der Waals surface area contributed by atoms with Gasteiger partial charge >= 0.3 is 6.03 Å². The Labute approximate surface area is 265 Å². The first kappa shape index (κ1) is 30.0. The molecule has 4 aromatic rings. The number of primary amides is 1. The number of fused-ring (bicyclic) bond motifs is 2. The molecule has 0 aliphatic carbocycles. The second kappa shape index (κ2) is 12.6. The smallest absolute Gasteiger partial charge is 0.312 e. The number of benzene rings is 4. The van der Waals surface area contributed by atoms with Gasteiger partial charge in [0, 0.05) is 48.1 Å². The zero-order chi connectivity index (χ0) is 31.0. The summed E-state index contributed by atoms with van der Waals surface area (Å²) in [4.78, 5) is 14.1. The molecule has 0 spiro atoms. The van der Waals surface area contributed by atoms with Crippen molar-refractivity contribution in [2.24, 2.45) is 5.73 Å². The molecule has 3 aliphatic rings. The van der Waals surface area contributed by atoms with Gasteiger partial charge in [-0.3, -0.25) is 0 Å². The summed E-state index contributed by atoms with van der Waals surface area (Å²) in [5.41, 5.74) is 8.83. The maximum absolute atomic E-state index is 14.6. The minimum absolute atomic E-state index is 0.107. The van der Waals surface area contributed by atoms with Crippen LogP contribution in [0.15, 0.2) is 77.7 Å². The van der Waals surface area contributed by atoms with Crippen molar-refractivity contribution in [3.8, 4) is 0 Å². The SMILES string of the molecule is NC(=O)NC1CCN(c2cccc3cc(C4CNCCC4S(=O)(=O)c4ccc(C5CCNCC5)c5ccccc45)ccc23)CC1. The summed E-state index contributed by atoms with van der Waals surface area (Å²) < 4.78 is 29.2. The number of hydrogen-bond acceptors (Lipinski definition) is 6. The number of piperidine rings is 3. The van der Waals surface area contributed by atoms with Crippen molar-refractivity contribution in [3.63, 3.8) is 0 Å². The minimum Gasteiger partial charge on any atom is -0.371 e. The Morgan fingerprint density at radius 2 is 1.56 bits per heavy atom. The van der Waals surface area contributed by atoms with Gasteiger partial charge in [-0.05, 0) is 91.7 Å². The van der Waals surface area contributed by atoms with E-state index in [1.54, 1.807) is 0 Å². The lowest BCUT2D eigenvalue weighted by Gasteiger charge is -2.35. The molecule has 2 atom stereocenters. The predicted molar refractivity (Wildman–Crippen MR) is 182 cm³/mol. The summed E-state index contributed by atoms with van der Waals surface area (Å²) in [5, 5.41) is 13.5. The molecule has 3 fully saturated rings. The lowest BCUT2D eigenvalue weighted by atomic mass is 9.87. The van der Waals surface area contributed by atoms with Crippen LogP contribution in [0.4, 0.5) is 10.5 Å². The molecule has 0 bridgehead atoms. The van der Waals surface area contributed by atoms with Gasteiger partial charge in [0.15, 0.2) is 9.84 Å². The largest absolute Gasteiger partial charge is 0.371 e. The van der Waals surface area contributed by atoms with Crippen LogP contribution in [0, 0.1) is 0 Å². The van der Waals surface area contributed by atoms with Gasteiger partial charge in [0.1, 0.15) is 0 Å². The molecule has 7 rings (SSSR count). The Morgan fingerprint density at radius 1 is 0.800 bits per heavy atom. The minimum atomic E-state index is -3.63. The first-order chi connectivity index (χ1) is 21.9. The van der Waals surface area contributed by atoms with Gasteiger partial charge in [-0.1, -0.05) is 60.7 Å². The van der Waals surface area contributed by atoms with Crippen LogP contribution in [0.5, 0.6) is 0 Å². The van der Waals surface area contributed by atoms with E-state index in [-0.39, 0.29) is 12.0 Å². The average Bonchev–Trinajstić information content (AvgIpc) is 3.07. The van der Waals surface area contributed by atoms with Gasteiger partial charge in [-0.15, -0.1) is 0 Å². The molecule has 45 heavy (non-hydrogen) atoms. The van der Waals surface area contributed by atoms with Crippen molar-refractivity contribution >= 4 is 43.1 Å². The number of amides is 2. The molecule has 0 radical (unpaired) electrons. The van der Waals surface area contributed by atoms with E-state index in [1.807, 2.05) is 24.3 Å². The highest BCUT2D eigenvalue weighted by atomic mass is 32.2. The van der Waals surface area contributed by atoms with Crippen molar-refractivity contribution in [2.45, 2.75) is 60.1 Å². The van der Waals surface area contributed by atoms with Crippen LogP contribution in [0.2, 0.25) is 0 Å². The predicted octanol–water partition coefficient (Wildman–Crippen LogP) is 5.02. The van der Waals surface area contributed by atoms with E-state index in [9.17, 15) is 13.2 Å². The molecule has 9 heteroatoms. The standard InChI is InChI=1S/C36H43N5O3S/c37-36(42)40-27-15-20-41(21-16-27)33-7-3-4-25-22-26(8-9-29(25)33)32-23-39-19-14-35(32)45(43,44)34-11-10-28(24-12-17-38-18-13-24)30-5-1-2-6-31(30)34/h1-11,22,24,27,32,35,38-39H,12-21,23H2,(H3,37,40,42). The Balaban J connectivity index is 1.19. The highest BCUT2D eigenvalue weighted by molar-refractivity contribution is 7.92. The quantitative estimate of drug-likeness (QED) is 0.239. The van der Waals surface area contributed by atoms with Crippen LogP contribution in [0.3, 0.4) is 0 Å². The monoisotopic (exact) mass is 625 g/mol. The number of sulfone groups is 1. The Hall–Kier alpha value is -3.66. The Bertz CT molecular complexity index is 1810. The van der Waals surface area contributed by atoms with Crippen LogP contribution < -0.4 is 26.6 Å². The number of carbonyl (C=O) groups excluding carboxylic acids is 1. The lowest BCUT2D eigenvalue weighted by Crippen LogP contribution is -2.46. The molecule has 4 aromatic carbocycles. The number of nitrogens with zero attached hydrogens (tertiary/aromatic N) is 1. The number of carbonyl (C=O) groups is 1. The van der Waals surface area contributed by atoms with Gasteiger partial charge in [0.2, 0.25) is 0 Å². The lowest BCUT2D eigenvalue weighted by molar-refractivity contribution is 0.242. The molecule has 0 saturated carbocycles. The van der Waals surface area contributed by atoms with Crippen LogP contribution >= 0.6 is 0 Å². The van der Waals surface area contributed by atoms with Crippen molar-refractivity contribution in [1.82, 2.24) is 16.0 Å². The molecule has 3 saturated heterocycles. The van der Waals surface area contributed by atoms with Gasteiger partial charge in [0.05, 0.1) is 10.1 Å². The summed E-state index contributed by atoms with van der Waals surface area (Å²) in [6.45, 7) is 4.97. The zero-order valence-electron chi connectivity index (χ0n) is 25.7. The maximum Gasteiger partial charge on any atom is 0.312 e. The molecular formula is C36H43N5O3S. The number of hydrogen-bond donors (Lipinski definition) is 4. The Morgan fingerprint density at radius 3 is 2.33 bits per heavy atom. The van der Waals surface area contributed by atoms with E-state index < -0.39 is 21.1 Å². The van der Waals surface area contributed by atoms with Crippen LogP contribution in [-0.4, -0.2) is 65.0 Å². The maximum atomic E-state index is 14.6. The van der Waals surface area contributed by atoms with Crippen molar-refractivity contribution in [3.05, 3.63) is 83.9 Å². The third-order valence-electron chi connectivity index (χ3n) is 10.3. The highest BCUT2D eigenvalue weighted by Gasteiger charge is 2.38. The molecule has 2 unspecified atom stereocenters. The van der Waals surface area contributed by atoms with Crippen molar-refractivity contribution < 1.29 is 13.2 Å². The summed E-state index contributed by atoms with van der Waals surface area (Å²) >= 11 is 0. The fourth-order valence-electron chi connectivity index (χ4n) is 7.99. The van der Waals surface area contributed by atoms with E-state index in [4.69, 9.17) is 5.73 Å². The Kier molecular flexibility index (Phi) is 8.42. The topological polar surface area (TPSA) is 117 Å². The van der Waals surface area contributed by atoms with E-state index in [0.29, 0.717) is 30.3 Å². The molecule has 2 amide bonds. The normalized spacial score (nSPS) is 22.1. The second-order valence-corrected chi connectivity index (χ2v) is 15.1. The summed E-state index contributed by atoms with van der Waals surface area (Å²) in [6.07, 6.45) is 4.40. The molecule has 3 aliphatic heterocycles. The molecule has 0 aromatic heterocycles. The third kappa shape index (κ3) is 5.89. The van der Waals surface area contributed by atoms with E-state index >= 15 is 0 Å². The average molecular weight is 626 g/mol. The fraction of sp³-hybridized carbons (Fsp3) is 0.417. The molecule has 236 valence electrons. The van der Waals surface area contributed by atoms with E-state index in [0.717, 1.165) is 79.0 Å². The number of anilines is 1. The molecular weight excluding hydrogens is 582 g/mol. The van der Waals surface area contributed by atoms with Gasteiger partial charge in [-0.25, -0.2) is 13.2 Å². The highest BCUT2D eigenvalue weighted by Crippen LogP contribution is 2.40. The van der Waals surface area contributed by atoms with Crippen molar-refractivity contribution in [1.29, 1.82) is 0 Å². The number of nitrogens with two attached hydrogens (primary N) is 1. The number of rotatable bonds is 6. The molecule has 3 heterocycles. The van der Waals surface area contributed by atoms with Gasteiger partial charge < -0.3 is 26.6 Å². The molecule has 5 N–H and O–H groups in total. The summed E-state index contributed by atoms with van der Waals surface area (Å²) in [7, 11) is -3.63. The number of urea groups is 1.